The number of aliphatic imine (C=N–C) groups is 1. The van der Waals surface area contributed by atoms with E-state index in [-0.39, 0.29) is 43.1 Å². The Labute approximate surface area is 239 Å². The molecule has 0 saturated carbocycles. The molecule has 1 aliphatic heterocycles. The number of Topliss-reactive ketones (excluding diaryl/α,β-unsaturated/α-hetero) is 1. The highest BCUT2D eigenvalue weighted by atomic mass is 19.4. The molecule has 0 saturated heterocycles. The van der Waals surface area contributed by atoms with E-state index in [1.165, 1.54) is 6.07 Å². The maximum absolute atomic E-state index is 13.9. The van der Waals surface area contributed by atoms with Crippen molar-refractivity contribution in [2.45, 2.75) is 32.6 Å². The van der Waals surface area contributed by atoms with Gasteiger partial charge in [-0.15, -0.1) is 0 Å². The maximum atomic E-state index is 13.9. The lowest BCUT2D eigenvalue weighted by Gasteiger charge is -2.17. The number of alkyl halides is 3. The van der Waals surface area contributed by atoms with Crippen molar-refractivity contribution in [1.82, 2.24) is 25.2 Å². The molecule has 0 aliphatic carbocycles. The molecule has 4 aromatic rings. The molecule has 0 atom stereocenters. The van der Waals surface area contributed by atoms with Crippen LogP contribution in [0.25, 0.3) is 5.65 Å². The van der Waals surface area contributed by atoms with Gasteiger partial charge in [0.25, 0.3) is 0 Å². The van der Waals surface area contributed by atoms with Crippen LogP contribution < -0.4 is 16.0 Å². The number of halogens is 3. The minimum absolute atomic E-state index is 0.0647. The number of urea groups is 1. The van der Waals surface area contributed by atoms with Crippen LogP contribution in [0.3, 0.4) is 0 Å². The number of hydrogen-bond acceptors (Lipinski definition) is 6. The first kappa shape index (κ1) is 28.5. The molecule has 3 heterocycles. The van der Waals surface area contributed by atoms with Crippen molar-refractivity contribution >= 4 is 28.9 Å². The van der Waals surface area contributed by atoms with Crippen molar-refractivity contribution < 1.29 is 22.8 Å². The average Bonchev–Trinajstić information content (AvgIpc) is 3.38. The summed E-state index contributed by atoms with van der Waals surface area (Å²) in [5.74, 6) is 5.94. The van der Waals surface area contributed by atoms with E-state index in [1.54, 1.807) is 29.0 Å². The number of imidazole rings is 1. The van der Waals surface area contributed by atoms with E-state index in [4.69, 9.17) is 0 Å². The molecule has 2 aromatic carbocycles. The molecule has 42 heavy (non-hydrogen) atoms. The van der Waals surface area contributed by atoms with Crippen LogP contribution in [0.5, 0.6) is 0 Å². The molecular formula is C30H26F3N7O2. The number of carbonyl (C=O) groups excluding carboxylic acids is 2. The Morgan fingerprint density at radius 3 is 2.76 bits per heavy atom. The van der Waals surface area contributed by atoms with Gasteiger partial charge in [-0.05, 0) is 59.9 Å². The van der Waals surface area contributed by atoms with E-state index in [1.807, 2.05) is 31.2 Å². The first-order valence-electron chi connectivity index (χ1n) is 13.1. The Kier molecular flexibility index (Phi) is 8.31. The van der Waals surface area contributed by atoms with Gasteiger partial charge in [0.05, 0.1) is 24.0 Å². The largest absolute Gasteiger partial charge is 0.416 e. The second-order valence-electron chi connectivity index (χ2n) is 9.63. The van der Waals surface area contributed by atoms with Gasteiger partial charge in [0.2, 0.25) is 0 Å². The maximum Gasteiger partial charge on any atom is 0.416 e. The lowest BCUT2D eigenvalue weighted by Crippen LogP contribution is -2.38. The molecule has 3 N–H and O–H groups in total. The SMILES string of the molecule is Cc1ccc(CNc2ccc(CNCCC3=NC(=O)NCC3=O)c(C(F)(F)F)c2)cc1C#Cc1cnc2cccnn12. The molecular weight excluding hydrogens is 547 g/mol. The molecule has 0 bridgehead atoms. The topological polar surface area (TPSA) is 113 Å². The highest BCUT2D eigenvalue weighted by Crippen LogP contribution is 2.34. The van der Waals surface area contributed by atoms with Crippen LogP contribution in [0.4, 0.5) is 23.7 Å². The van der Waals surface area contributed by atoms with Gasteiger partial charge in [-0.1, -0.05) is 24.1 Å². The van der Waals surface area contributed by atoms with Crippen molar-refractivity contribution in [3.8, 4) is 11.8 Å². The zero-order valence-corrected chi connectivity index (χ0v) is 22.5. The average molecular weight is 574 g/mol. The Morgan fingerprint density at radius 2 is 1.93 bits per heavy atom. The van der Waals surface area contributed by atoms with E-state index in [0.29, 0.717) is 23.6 Å². The Morgan fingerprint density at radius 1 is 1.07 bits per heavy atom. The van der Waals surface area contributed by atoms with Gasteiger partial charge in [0.1, 0.15) is 5.69 Å². The van der Waals surface area contributed by atoms with Gasteiger partial charge in [0, 0.05) is 43.5 Å². The van der Waals surface area contributed by atoms with Crippen molar-refractivity contribution in [1.29, 1.82) is 0 Å². The first-order valence-corrected chi connectivity index (χ1v) is 13.1. The predicted octanol–water partition coefficient (Wildman–Crippen LogP) is 4.28. The van der Waals surface area contributed by atoms with Crippen LogP contribution in [0.15, 0.2) is 65.9 Å². The van der Waals surface area contributed by atoms with Crippen molar-refractivity contribution in [2.75, 3.05) is 18.4 Å². The normalized spacial score (nSPS) is 13.4. The summed E-state index contributed by atoms with van der Waals surface area (Å²) < 4.78 is 43.3. The third-order valence-corrected chi connectivity index (χ3v) is 6.63. The number of nitrogens with one attached hydrogen (secondary N) is 3. The molecule has 2 aromatic heterocycles. The number of hydrogen-bond donors (Lipinski definition) is 3. The van der Waals surface area contributed by atoms with Gasteiger partial charge < -0.3 is 16.0 Å². The fraction of sp³-hybridized carbons (Fsp3) is 0.233. The third-order valence-electron chi connectivity index (χ3n) is 6.63. The fourth-order valence-corrected chi connectivity index (χ4v) is 4.38. The summed E-state index contributed by atoms with van der Waals surface area (Å²) in [6.45, 7) is 2.24. The van der Waals surface area contributed by atoms with Crippen LogP contribution in [-0.2, 0) is 24.1 Å². The molecule has 5 rings (SSSR count). The van der Waals surface area contributed by atoms with Gasteiger partial charge in [-0.3, -0.25) is 4.79 Å². The number of rotatable bonds is 8. The van der Waals surface area contributed by atoms with Crippen molar-refractivity contribution in [2.24, 2.45) is 4.99 Å². The number of fused-ring (bicyclic) bond motifs is 1. The number of carbonyl (C=O) groups is 2. The summed E-state index contributed by atoms with van der Waals surface area (Å²) in [5.41, 5.74) is 3.69. The lowest BCUT2D eigenvalue weighted by atomic mass is 10.0. The predicted molar refractivity (Wildman–Crippen MR) is 151 cm³/mol. The van der Waals surface area contributed by atoms with Crippen LogP contribution in [0.2, 0.25) is 0 Å². The Balaban J connectivity index is 1.24. The minimum atomic E-state index is -4.56. The molecule has 0 fully saturated rings. The monoisotopic (exact) mass is 573 g/mol. The zero-order chi connectivity index (χ0) is 29.7. The number of nitrogens with zero attached hydrogens (tertiary/aromatic N) is 4. The van der Waals surface area contributed by atoms with E-state index >= 15 is 0 Å². The van der Waals surface area contributed by atoms with Crippen LogP contribution in [0, 0.1) is 18.8 Å². The summed E-state index contributed by atoms with van der Waals surface area (Å²) in [5, 5.41) is 12.6. The number of aryl methyl sites for hydroxylation is 1. The second-order valence-corrected chi connectivity index (χ2v) is 9.63. The fourth-order valence-electron chi connectivity index (χ4n) is 4.38. The Hall–Kier alpha value is -5.02. The molecule has 12 heteroatoms. The van der Waals surface area contributed by atoms with Gasteiger partial charge in [-0.2, -0.15) is 23.3 Å². The lowest BCUT2D eigenvalue weighted by molar-refractivity contribution is -0.138. The minimum Gasteiger partial charge on any atom is -0.381 e. The summed E-state index contributed by atoms with van der Waals surface area (Å²) in [7, 11) is 0. The Bertz CT molecular complexity index is 1750. The van der Waals surface area contributed by atoms with Crippen molar-refractivity contribution in [3.63, 3.8) is 0 Å². The van der Waals surface area contributed by atoms with Gasteiger partial charge in [0.15, 0.2) is 11.4 Å². The third kappa shape index (κ3) is 6.82. The second kappa shape index (κ2) is 12.2. The molecule has 2 amide bonds. The standard InChI is InChI=1S/C30H26F3N7O2/c1-19-4-5-20(13-21(19)7-9-24-17-36-28-3-2-11-38-40(24)28)15-35-23-8-6-22(25(14-23)30(31,32)33)16-34-12-10-26-27(41)18-37-29(42)39-26/h2-6,8,11,13-14,17,34-35H,10,12,15-16,18H2,1H3,(H,37,42). The highest BCUT2D eigenvalue weighted by Gasteiger charge is 2.33. The van der Waals surface area contributed by atoms with Crippen LogP contribution >= 0.6 is 0 Å². The van der Waals surface area contributed by atoms with Crippen LogP contribution in [0.1, 0.15) is 39.9 Å². The van der Waals surface area contributed by atoms with Gasteiger partial charge in [-0.25, -0.2) is 14.3 Å². The number of ketones is 1. The van der Waals surface area contributed by atoms with E-state index in [9.17, 15) is 22.8 Å². The summed E-state index contributed by atoms with van der Waals surface area (Å²) >= 11 is 0. The quantitative estimate of drug-likeness (QED) is 0.214. The molecule has 0 spiro atoms. The summed E-state index contributed by atoms with van der Waals surface area (Å²) in [6.07, 6.45) is -1.11. The van der Waals surface area contributed by atoms with E-state index in [0.717, 1.165) is 22.8 Å². The molecule has 0 unspecified atom stereocenters. The van der Waals surface area contributed by atoms with Crippen molar-refractivity contribution in [3.05, 3.63) is 94.4 Å². The molecule has 9 nitrogen and oxygen atoms in total. The highest BCUT2D eigenvalue weighted by molar-refractivity contribution is 6.43. The molecule has 214 valence electrons. The molecule has 0 radical (unpaired) electrons. The first-order chi connectivity index (χ1) is 20.2. The number of anilines is 1. The number of amides is 2. The van der Waals surface area contributed by atoms with E-state index < -0.39 is 17.8 Å². The number of benzene rings is 2. The van der Waals surface area contributed by atoms with E-state index in [2.05, 4.69) is 42.9 Å². The smallest absolute Gasteiger partial charge is 0.381 e. The van der Waals surface area contributed by atoms with Crippen LogP contribution in [-0.4, -0.2) is 45.2 Å². The number of aromatic nitrogens is 3. The summed E-state index contributed by atoms with van der Waals surface area (Å²) in [4.78, 5) is 31.1. The zero-order valence-electron chi connectivity index (χ0n) is 22.5. The summed E-state index contributed by atoms with van der Waals surface area (Å²) in [6, 6.07) is 12.9. The molecule has 1 aliphatic rings. The van der Waals surface area contributed by atoms with Gasteiger partial charge >= 0.3 is 12.2 Å².